The highest BCUT2D eigenvalue weighted by molar-refractivity contribution is 6.51. The van der Waals surface area contributed by atoms with Crippen LogP contribution < -0.4 is 9.64 Å². The number of carbonyl (C=O) groups excluding carboxylic acids is 3. The second-order valence-corrected chi connectivity index (χ2v) is 9.20. The van der Waals surface area contributed by atoms with Crippen LogP contribution in [0.5, 0.6) is 11.5 Å². The number of halogens is 2. The summed E-state index contributed by atoms with van der Waals surface area (Å²) in [5.74, 6) is -2.46. The van der Waals surface area contributed by atoms with Crippen LogP contribution >= 0.6 is 23.2 Å². The minimum absolute atomic E-state index is 0.0114. The number of hydrogen-bond acceptors (Lipinski definition) is 7. The van der Waals surface area contributed by atoms with E-state index in [0.717, 1.165) is 0 Å². The van der Waals surface area contributed by atoms with Gasteiger partial charge in [-0.2, -0.15) is 0 Å². The molecule has 2 N–H and O–H groups in total. The van der Waals surface area contributed by atoms with Crippen molar-refractivity contribution in [1.82, 2.24) is 0 Å². The number of phenolic OH excluding ortho intramolecular Hbond substituents is 1. The first-order valence-electron chi connectivity index (χ1n) is 11.5. The van der Waals surface area contributed by atoms with E-state index in [1.807, 2.05) is 0 Å². The third-order valence-electron chi connectivity index (χ3n) is 6.00. The van der Waals surface area contributed by atoms with Crippen LogP contribution in [0.15, 0.2) is 66.2 Å². The number of rotatable bonds is 7. The number of nitrogens with zero attached hydrogens (tertiary/aromatic N) is 1. The summed E-state index contributed by atoms with van der Waals surface area (Å²) < 4.78 is 10.1. The maximum atomic E-state index is 13.3. The Hall–Kier alpha value is -4.01. The zero-order chi connectivity index (χ0) is 27.6. The van der Waals surface area contributed by atoms with Crippen molar-refractivity contribution in [3.63, 3.8) is 0 Å². The van der Waals surface area contributed by atoms with E-state index in [4.69, 9.17) is 32.7 Å². The lowest BCUT2D eigenvalue weighted by Crippen LogP contribution is -2.29. The van der Waals surface area contributed by atoms with Gasteiger partial charge in [-0.15, -0.1) is 0 Å². The Morgan fingerprint density at radius 3 is 2.16 bits per heavy atom. The summed E-state index contributed by atoms with van der Waals surface area (Å²) in [5.41, 5.74) is 1.42. The number of ether oxygens (including phenoxy) is 2. The van der Waals surface area contributed by atoms with Gasteiger partial charge in [-0.3, -0.25) is 19.3 Å². The molecule has 0 bridgehead atoms. The molecule has 0 spiro atoms. The van der Waals surface area contributed by atoms with Crippen molar-refractivity contribution in [2.45, 2.75) is 19.4 Å². The van der Waals surface area contributed by atoms with E-state index in [0.29, 0.717) is 16.8 Å². The first-order chi connectivity index (χ1) is 18.2. The van der Waals surface area contributed by atoms with Crippen LogP contribution in [0, 0.1) is 0 Å². The van der Waals surface area contributed by atoms with E-state index < -0.39 is 23.5 Å². The number of hydrogen-bond donors (Lipinski definition) is 2. The number of esters is 1. The molecule has 38 heavy (non-hydrogen) atoms. The van der Waals surface area contributed by atoms with Gasteiger partial charge in [0.2, 0.25) is 0 Å². The average molecular weight is 556 g/mol. The molecule has 1 unspecified atom stereocenters. The Morgan fingerprint density at radius 2 is 1.61 bits per heavy atom. The first-order valence-corrected chi connectivity index (χ1v) is 12.3. The lowest BCUT2D eigenvalue weighted by molar-refractivity contribution is -0.142. The second kappa shape index (κ2) is 11.2. The molecule has 8 nitrogen and oxygen atoms in total. The normalized spacial score (nSPS) is 16.5. The third-order valence-corrected chi connectivity index (χ3v) is 6.56. The topological polar surface area (TPSA) is 113 Å². The predicted octanol–water partition coefficient (Wildman–Crippen LogP) is 5.44. The van der Waals surface area contributed by atoms with Gasteiger partial charge in [-0.1, -0.05) is 47.5 Å². The fraction of sp³-hybridized carbons (Fsp3) is 0.179. The number of Topliss-reactive ketones (excluding diaryl/α,β-unsaturated/α-hetero) is 1. The summed E-state index contributed by atoms with van der Waals surface area (Å²) in [6, 6.07) is 14.2. The van der Waals surface area contributed by atoms with Crippen LogP contribution in [0.4, 0.5) is 5.69 Å². The van der Waals surface area contributed by atoms with Crippen molar-refractivity contribution in [3.8, 4) is 11.5 Å². The highest BCUT2D eigenvalue weighted by Crippen LogP contribution is 2.44. The van der Waals surface area contributed by atoms with Gasteiger partial charge in [0.05, 0.1) is 41.8 Å². The second-order valence-electron chi connectivity index (χ2n) is 8.38. The quantitative estimate of drug-likeness (QED) is 0.173. The van der Waals surface area contributed by atoms with E-state index in [-0.39, 0.29) is 51.7 Å². The van der Waals surface area contributed by atoms with E-state index in [2.05, 4.69) is 0 Å². The van der Waals surface area contributed by atoms with Crippen molar-refractivity contribution in [2.24, 2.45) is 0 Å². The van der Waals surface area contributed by atoms with E-state index >= 15 is 0 Å². The van der Waals surface area contributed by atoms with Crippen LogP contribution in [0.3, 0.4) is 0 Å². The van der Waals surface area contributed by atoms with Gasteiger partial charge in [-0.25, -0.2) is 0 Å². The highest BCUT2D eigenvalue weighted by Gasteiger charge is 2.47. The molecular weight excluding hydrogens is 533 g/mol. The fourth-order valence-corrected chi connectivity index (χ4v) is 4.91. The standard InChI is InChI=1S/C28H23Cl2NO7/c1-3-38-22(33)12-15-4-8-18(9-5-15)31-24(16-6-10-19(32)11-7-16)23(26(35)28(31)36)25(34)17-13-20(29)27(37-2)21(30)14-17/h4-11,13-14,24,32,34H,3,12H2,1-2H3/b25-23+. The number of anilines is 1. The molecule has 1 saturated heterocycles. The number of amides is 1. The molecule has 1 amide bonds. The van der Waals surface area contributed by atoms with Crippen molar-refractivity contribution < 1.29 is 34.1 Å². The molecule has 1 aliphatic rings. The predicted molar refractivity (Wildman–Crippen MR) is 143 cm³/mol. The van der Waals surface area contributed by atoms with Gasteiger partial charge in [0.25, 0.3) is 11.7 Å². The third kappa shape index (κ3) is 5.18. The molecule has 3 aromatic carbocycles. The van der Waals surface area contributed by atoms with Crippen LogP contribution in [-0.2, 0) is 25.5 Å². The summed E-state index contributed by atoms with van der Waals surface area (Å²) >= 11 is 12.5. The monoisotopic (exact) mass is 555 g/mol. The molecule has 10 heteroatoms. The van der Waals surface area contributed by atoms with Crippen molar-refractivity contribution in [1.29, 1.82) is 0 Å². The zero-order valence-corrected chi connectivity index (χ0v) is 21.9. The average Bonchev–Trinajstić information content (AvgIpc) is 3.14. The van der Waals surface area contributed by atoms with Gasteiger partial charge >= 0.3 is 5.97 Å². The Kier molecular flexibility index (Phi) is 7.94. The fourth-order valence-electron chi connectivity index (χ4n) is 4.27. The minimum Gasteiger partial charge on any atom is -0.508 e. The number of benzene rings is 3. The Bertz CT molecular complexity index is 1410. The number of aliphatic hydroxyl groups excluding tert-OH is 1. The molecule has 0 aliphatic carbocycles. The molecule has 1 heterocycles. The molecule has 3 aromatic rings. The molecular formula is C28H23Cl2NO7. The molecule has 0 radical (unpaired) electrons. The highest BCUT2D eigenvalue weighted by atomic mass is 35.5. The number of ketones is 1. The van der Waals surface area contributed by atoms with Gasteiger partial charge in [0.15, 0.2) is 5.75 Å². The van der Waals surface area contributed by atoms with Crippen LogP contribution in [0.1, 0.15) is 29.7 Å². The van der Waals surface area contributed by atoms with Crippen LogP contribution in [-0.4, -0.2) is 41.6 Å². The minimum atomic E-state index is -1.04. The molecule has 1 atom stereocenters. The summed E-state index contributed by atoms with van der Waals surface area (Å²) in [6.45, 7) is 1.98. The Morgan fingerprint density at radius 1 is 1.00 bits per heavy atom. The molecule has 196 valence electrons. The number of aliphatic hydroxyl groups is 1. The first kappa shape index (κ1) is 27.0. The maximum absolute atomic E-state index is 13.3. The van der Waals surface area contributed by atoms with E-state index in [1.54, 1.807) is 43.3 Å². The van der Waals surface area contributed by atoms with Crippen LogP contribution in [0.2, 0.25) is 10.0 Å². The van der Waals surface area contributed by atoms with Crippen molar-refractivity contribution >= 4 is 52.3 Å². The summed E-state index contributed by atoms with van der Waals surface area (Å²) in [4.78, 5) is 39.7. The van der Waals surface area contributed by atoms with Crippen molar-refractivity contribution in [3.05, 3.63) is 93.0 Å². The number of carbonyl (C=O) groups is 3. The SMILES string of the molecule is CCOC(=O)Cc1ccc(N2C(=O)C(=O)/C(=C(/O)c3cc(Cl)c(OC)c(Cl)c3)C2c2ccc(O)cc2)cc1. The summed E-state index contributed by atoms with van der Waals surface area (Å²) in [5, 5.41) is 21.3. The molecule has 0 saturated carbocycles. The van der Waals surface area contributed by atoms with Gasteiger partial charge in [0.1, 0.15) is 11.5 Å². The largest absolute Gasteiger partial charge is 0.508 e. The van der Waals surface area contributed by atoms with Gasteiger partial charge in [-0.05, 0) is 54.4 Å². The molecule has 4 rings (SSSR count). The molecule has 1 aliphatic heterocycles. The number of methoxy groups -OCH3 is 1. The van der Waals surface area contributed by atoms with E-state index in [1.165, 1.54) is 36.3 Å². The number of phenols is 1. The van der Waals surface area contributed by atoms with Crippen LogP contribution in [0.25, 0.3) is 5.76 Å². The number of aromatic hydroxyl groups is 1. The Labute approximate surface area is 228 Å². The van der Waals surface area contributed by atoms with Crippen molar-refractivity contribution in [2.75, 3.05) is 18.6 Å². The lowest BCUT2D eigenvalue weighted by Gasteiger charge is -2.25. The Balaban J connectivity index is 1.84. The van der Waals surface area contributed by atoms with Gasteiger partial charge < -0.3 is 19.7 Å². The lowest BCUT2D eigenvalue weighted by atomic mass is 9.95. The maximum Gasteiger partial charge on any atom is 0.310 e. The van der Waals surface area contributed by atoms with Gasteiger partial charge in [0, 0.05) is 11.3 Å². The smallest absolute Gasteiger partial charge is 0.310 e. The summed E-state index contributed by atoms with van der Waals surface area (Å²) in [6.07, 6.45) is 0.0489. The zero-order valence-electron chi connectivity index (χ0n) is 20.4. The van der Waals surface area contributed by atoms with E-state index in [9.17, 15) is 24.6 Å². The molecule has 1 fully saturated rings. The summed E-state index contributed by atoms with van der Waals surface area (Å²) in [7, 11) is 1.39. The molecule has 0 aromatic heterocycles.